The highest BCUT2D eigenvalue weighted by Crippen LogP contribution is 2.38. The highest BCUT2D eigenvalue weighted by molar-refractivity contribution is 5.94. The summed E-state index contributed by atoms with van der Waals surface area (Å²) in [6.45, 7) is 2.89. The van der Waals surface area contributed by atoms with Gasteiger partial charge in [0.05, 0.1) is 18.3 Å². The van der Waals surface area contributed by atoms with E-state index >= 15 is 0 Å². The summed E-state index contributed by atoms with van der Waals surface area (Å²) in [4.78, 5) is 16.4. The molecule has 0 aromatic heterocycles. The van der Waals surface area contributed by atoms with Crippen LogP contribution in [-0.2, 0) is 0 Å². The fraction of sp³-hybridized carbons (Fsp3) is 0.348. The number of aliphatic hydroxyl groups is 1. The van der Waals surface area contributed by atoms with Crippen molar-refractivity contribution < 1.29 is 15.0 Å². The summed E-state index contributed by atoms with van der Waals surface area (Å²) < 4.78 is 0. The molecule has 28 heavy (non-hydrogen) atoms. The summed E-state index contributed by atoms with van der Waals surface area (Å²) in [5.41, 5.74) is 3.53. The van der Waals surface area contributed by atoms with Gasteiger partial charge < -0.3 is 15.1 Å². The molecule has 146 valence electrons. The summed E-state index contributed by atoms with van der Waals surface area (Å²) in [5, 5.41) is 19.3. The Morgan fingerprint density at radius 3 is 2.50 bits per heavy atom. The van der Waals surface area contributed by atoms with Crippen molar-refractivity contribution in [2.45, 2.75) is 18.9 Å². The minimum Gasteiger partial charge on any atom is -0.465 e. The lowest BCUT2D eigenvalue weighted by Gasteiger charge is -2.48. The molecule has 0 radical (unpaired) electrons. The number of nitrogens with zero attached hydrogens (tertiary/aromatic N) is 2. The largest absolute Gasteiger partial charge is 0.465 e. The van der Waals surface area contributed by atoms with Crippen LogP contribution in [0.15, 0.2) is 54.6 Å². The first-order valence-electron chi connectivity index (χ1n) is 9.89. The van der Waals surface area contributed by atoms with Crippen LogP contribution < -0.4 is 4.90 Å². The Labute approximate surface area is 165 Å². The van der Waals surface area contributed by atoms with Gasteiger partial charge in [-0.05, 0) is 49.0 Å². The van der Waals surface area contributed by atoms with E-state index in [2.05, 4.69) is 4.90 Å². The molecule has 1 atom stereocenters. The van der Waals surface area contributed by atoms with Crippen LogP contribution in [0.5, 0.6) is 0 Å². The van der Waals surface area contributed by atoms with Gasteiger partial charge in [0.25, 0.3) is 0 Å². The molecule has 0 spiro atoms. The molecule has 3 saturated heterocycles. The Morgan fingerprint density at radius 2 is 1.89 bits per heavy atom. The quantitative estimate of drug-likeness (QED) is 0.827. The summed E-state index contributed by atoms with van der Waals surface area (Å²) in [6.07, 6.45) is 4.70. The number of amides is 1. The number of hydrogen-bond acceptors (Lipinski definition) is 3. The Morgan fingerprint density at radius 1 is 1.14 bits per heavy atom. The smallest absolute Gasteiger partial charge is 0.412 e. The van der Waals surface area contributed by atoms with E-state index in [4.69, 9.17) is 5.11 Å². The van der Waals surface area contributed by atoms with E-state index in [9.17, 15) is 9.90 Å². The third-order valence-electron chi connectivity index (χ3n) is 5.94. The standard InChI is InChI=1S/C23H26N2O3/c26-14-4-5-17-8-9-20(18-6-2-1-3-7-18)21(15-17)25(23(27)28)22-16-24-12-10-19(22)11-13-24/h1-9,15,19,22,26H,10-14,16H2,(H,27,28)/b5-4+/t22-/m0/s1. The SMILES string of the molecule is O=C(O)N(c1cc(/C=C/CO)ccc1-c1ccccc1)[C@H]1CN2CCC1CC2. The van der Waals surface area contributed by atoms with Crippen LogP contribution in [0.3, 0.4) is 0 Å². The zero-order valence-corrected chi connectivity index (χ0v) is 15.9. The molecule has 5 nitrogen and oxygen atoms in total. The first-order chi connectivity index (χ1) is 13.7. The van der Waals surface area contributed by atoms with E-state index in [1.54, 1.807) is 11.0 Å². The third-order valence-corrected chi connectivity index (χ3v) is 5.94. The second kappa shape index (κ2) is 8.17. The number of carbonyl (C=O) groups is 1. The van der Waals surface area contributed by atoms with Gasteiger partial charge in [-0.15, -0.1) is 0 Å². The van der Waals surface area contributed by atoms with Crippen LogP contribution in [0.25, 0.3) is 17.2 Å². The predicted molar refractivity (Wildman–Crippen MR) is 111 cm³/mol. The maximum Gasteiger partial charge on any atom is 0.412 e. The Hall–Kier alpha value is -2.63. The molecule has 5 heteroatoms. The predicted octanol–water partition coefficient (Wildman–Crippen LogP) is 3.94. The number of fused-ring (bicyclic) bond motifs is 3. The second-order valence-corrected chi connectivity index (χ2v) is 7.59. The van der Waals surface area contributed by atoms with Crippen molar-refractivity contribution in [3.63, 3.8) is 0 Å². The molecular weight excluding hydrogens is 352 g/mol. The van der Waals surface area contributed by atoms with Crippen molar-refractivity contribution >= 4 is 17.9 Å². The van der Waals surface area contributed by atoms with Crippen molar-refractivity contribution in [3.8, 4) is 11.1 Å². The minimum atomic E-state index is -0.904. The summed E-state index contributed by atoms with van der Waals surface area (Å²) in [6, 6.07) is 15.8. The molecule has 3 aliphatic rings. The maximum absolute atomic E-state index is 12.4. The van der Waals surface area contributed by atoms with Gasteiger partial charge in [0, 0.05) is 12.1 Å². The Kier molecular flexibility index (Phi) is 5.46. The van der Waals surface area contributed by atoms with E-state index in [1.807, 2.05) is 54.6 Å². The molecule has 2 aromatic carbocycles. The van der Waals surface area contributed by atoms with E-state index in [1.165, 1.54) is 0 Å². The summed E-state index contributed by atoms with van der Waals surface area (Å²) in [7, 11) is 0. The van der Waals surface area contributed by atoms with E-state index in [0.29, 0.717) is 5.92 Å². The molecule has 2 aromatic rings. The van der Waals surface area contributed by atoms with Crippen LogP contribution in [-0.4, -0.2) is 53.5 Å². The van der Waals surface area contributed by atoms with E-state index in [-0.39, 0.29) is 12.6 Å². The molecule has 2 bridgehead atoms. The molecule has 0 unspecified atom stereocenters. The van der Waals surface area contributed by atoms with Crippen LogP contribution in [0.4, 0.5) is 10.5 Å². The number of anilines is 1. The monoisotopic (exact) mass is 378 g/mol. The Balaban J connectivity index is 1.81. The number of piperidine rings is 3. The van der Waals surface area contributed by atoms with Crippen molar-refractivity contribution in [1.29, 1.82) is 0 Å². The first kappa shape index (κ1) is 18.7. The van der Waals surface area contributed by atoms with Crippen molar-refractivity contribution in [1.82, 2.24) is 4.90 Å². The number of hydrogen-bond donors (Lipinski definition) is 2. The number of benzene rings is 2. The second-order valence-electron chi connectivity index (χ2n) is 7.59. The summed E-state index contributed by atoms with van der Waals surface area (Å²) >= 11 is 0. The molecule has 3 aliphatic heterocycles. The van der Waals surface area contributed by atoms with Gasteiger partial charge in [-0.2, -0.15) is 0 Å². The third kappa shape index (κ3) is 3.68. The molecule has 2 N–H and O–H groups in total. The average Bonchev–Trinajstić information content (AvgIpc) is 2.74. The van der Waals surface area contributed by atoms with Crippen molar-refractivity contribution in [2.75, 3.05) is 31.1 Å². The van der Waals surface area contributed by atoms with Gasteiger partial charge in [0.15, 0.2) is 0 Å². The molecule has 1 amide bonds. The molecule has 3 fully saturated rings. The molecule has 3 heterocycles. The summed E-state index contributed by atoms with van der Waals surface area (Å²) in [5.74, 6) is 0.404. The van der Waals surface area contributed by atoms with Gasteiger partial charge in [-0.25, -0.2) is 4.79 Å². The number of aliphatic hydroxyl groups excluding tert-OH is 1. The lowest BCUT2D eigenvalue weighted by molar-refractivity contribution is 0.0838. The average molecular weight is 378 g/mol. The Bertz CT molecular complexity index is 857. The number of carboxylic acid groups (broad SMARTS) is 1. The van der Waals surface area contributed by atoms with Crippen LogP contribution in [0, 0.1) is 5.92 Å². The van der Waals surface area contributed by atoms with E-state index in [0.717, 1.165) is 54.9 Å². The highest BCUT2D eigenvalue weighted by atomic mass is 16.4. The normalized spacial score (nSPS) is 23.8. The van der Waals surface area contributed by atoms with Gasteiger partial charge in [0.2, 0.25) is 0 Å². The van der Waals surface area contributed by atoms with Crippen LogP contribution >= 0.6 is 0 Å². The fourth-order valence-corrected chi connectivity index (χ4v) is 4.55. The maximum atomic E-state index is 12.4. The van der Waals surface area contributed by atoms with Gasteiger partial charge in [0.1, 0.15) is 0 Å². The van der Waals surface area contributed by atoms with Gasteiger partial charge in [-0.3, -0.25) is 4.90 Å². The van der Waals surface area contributed by atoms with Gasteiger partial charge in [-0.1, -0.05) is 54.6 Å². The molecule has 0 saturated carbocycles. The first-order valence-corrected chi connectivity index (χ1v) is 9.89. The van der Waals surface area contributed by atoms with E-state index < -0.39 is 6.09 Å². The lowest BCUT2D eigenvalue weighted by Crippen LogP contribution is -2.59. The number of rotatable bonds is 5. The topological polar surface area (TPSA) is 64.0 Å². The van der Waals surface area contributed by atoms with Crippen LogP contribution in [0.1, 0.15) is 18.4 Å². The van der Waals surface area contributed by atoms with Crippen LogP contribution in [0.2, 0.25) is 0 Å². The highest BCUT2D eigenvalue weighted by Gasteiger charge is 2.40. The minimum absolute atomic E-state index is 0.0282. The zero-order valence-electron chi connectivity index (χ0n) is 15.9. The zero-order chi connectivity index (χ0) is 19.5. The molecule has 0 aliphatic carbocycles. The molecule has 5 rings (SSSR count). The van der Waals surface area contributed by atoms with Crippen molar-refractivity contribution in [2.24, 2.45) is 5.92 Å². The molecular formula is C23H26N2O3. The fourth-order valence-electron chi connectivity index (χ4n) is 4.55. The van der Waals surface area contributed by atoms with Crippen molar-refractivity contribution in [3.05, 3.63) is 60.2 Å². The van der Waals surface area contributed by atoms with Gasteiger partial charge >= 0.3 is 6.09 Å². The lowest BCUT2D eigenvalue weighted by atomic mass is 9.82.